The van der Waals surface area contributed by atoms with Crippen LogP contribution in [-0.2, 0) is 4.74 Å². The molecule has 0 spiro atoms. The lowest BCUT2D eigenvalue weighted by Gasteiger charge is -2.27. The van der Waals surface area contributed by atoms with Crippen LogP contribution in [0.5, 0.6) is 0 Å². The van der Waals surface area contributed by atoms with Gasteiger partial charge in [0, 0.05) is 18.8 Å². The topological polar surface area (TPSA) is 73.1 Å². The molecule has 0 amide bonds. The molecule has 1 aliphatic rings. The number of nitrogens with zero attached hydrogens (tertiary/aromatic N) is 2. The molecule has 5 nitrogen and oxygen atoms in total. The van der Waals surface area contributed by atoms with E-state index < -0.39 is 0 Å². The van der Waals surface area contributed by atoms with Gasteiger partial charge in [-0.3, -0.25) is 0 Å². The van der Waals surface area contributed by atoms with Crippen LogP contribution in [0.2, 0.25) is 0 Å². The van der Waals surface area contributed by atoms with Crippen LogP contribution in [0.15, 0.2) is 12.3 Å². The smallest absolute Gasteiger partial charge is 0.224 e. The van der Waals surface area contributed by atoms with Crippen LogP contribution < -0.4 is 11.1 Å². The lowest BCUT2D eigenvalue weighted by molar-refractivity contribution is 0.0231. The van der Waals surface area contributed by atoms with E-state index in [2.05, 4.69) is 22.2 Å². The van der Waals surface area contributed by atoms with Gasteiger partial charge in [0.25, 0.3) is 0 Å². The molecular weight excluding hydrogens is 192 g/mol. The predicted octanol–water partition coefficient (Wildman–Crippen LogP) is 1.04. The first kappa shape index (κ1) is 10.2. The Bertz CT molecular complexity index is 331. The standard InChI is InChI=1S/C10H16N4O/c1-7-6-8(3-5-15-7)13-10-12-4-2-9(11)14-10/h2,4,7-8H,3,5-6H2,1H3,(H3,11,12,13,14). The van der Waals surface area contributed by atoms with Gasteiger partial charge in [0.15, 0.2) is 0 Å². The SMILES string of the molecule is CC1CC(Nc2nccc(N)n2)CCO1. The first-order valence-electron chi connectivity index (χ1n) is 5.20. The number of anilines is 2. The van der Waals surface area contributed by atoms with Crippen molar-refractivity contribution in [2.75, 3.05) is 17.7 Å². The van der Waals surface area contributed by atoms with Crippen LogP contribution in [0, 0.1) is 0 Å². The maximum absolute atomic E-state index is 5.58. The minimum Gasteiger partial charge on any atom is -0.384 e. The van der Waals surface area contributed by atoms with Crippen molar-refractivity contribution in [3.05, 3.63) is 12.3 Å². The second kappa shape index (κ2) is 4.44. The summed E-state index contributed by atoms with van der Waals surface area (Å²) >= 11 is 0. The third-order valence-corrected chi connectivity index (χ3v) is 2.50. The number of aromatic nitrogens is 2. The summed E-state index contributed by atoms with van der Waals surface area (Å²) in [6.07, 6.45) is 3.94. The van der Waals surface area contributed by atoms with E-state index in [0.717, 1.165) is 19.4 Å². The number of nitrogens with two attached hydrogens (primary N) is 1. The molecular formula is C10H16N4O. The van der Waals surface area contributed by atoms with Crippen LogP contribution in [-0.4, -0.2) is 28.7 Å². The minimum atomic E-state index is 0.303. The van der Waals surface area contributed by atoms with Gasteiger partial charge in [-0.1, -0.05) is 0 Å². The van der Waals surface area contributed by atoms with Crippen LogP contribution in [0.25, 0.3) is 0 Å². The summed E-state index contributed by atoms with van der Waals surface area (Å²) in [7, 11) is 0. The summed E-state index contributed by atoms with van der Waals surface area (Å²) in [4.78, 5) is 8.22. The molecule has 2 rings (SSSR count). The molecule has 5 heteroatoms. The zero-order valence-corrected chi connectivity index (χ0v) is 8.81. The highest BCUT2D eigenvalue weighted by molar-refractivity contribution is 5.35. The monoisotopic (exact) mass is 208 g/mol. The fraction of sp³-hybridized carbons (Fsp3) is 0.600. The van der Waals surface area contributed by atoms with Gasteiger partial charge >= 0.3 is 0 Å². The summed E-state index contributed by atoms with van der Waals surface area (Å²) in [5, 5.41) is 3.27. The van der Waals surface area contributed by atoms with Gasteiger partial charge in [0.2, 0.25) is 5.95 Å². The molecule has 1 aromatic rings. The Hall–Kier alpha value is -1.36. The zero-order chi connectivity index (χ0) is 10.7. The van der Waals surface area contributed by atoms with E-state index in [1.165, 1.54) is 0 Å². The van der Waals surface area contributed by atoms with Crippen molar-refractivity contribution in [3.63, 3.8) is 0 Å². The van der Waals surface area contributed by atoms with E-state index in [4.69, 9.17) is 10.5 Å². The van der Waals surface area contributed by atoms with E-state index in [-0.39, 0.29) is 0 Å². The molecule has 0 saturated carbocycles. The highest BCUT2D eigenvalue weighted by Gasteiger charge is 2.19. The van der Waals surface area contributed by atoms with Crippen LogP contribution in [0.4, 0.5) is 11.8 Å². The van der Waals surface area contributed by atoms with E-state index >= 15 is 0 Å². The molecule has 0 bridgehead atoms. The molecule has 2 atom stereocenters. The highest BCUT2D eigenvalue weighted by Crippen LogP contribution is 2.16. The zero-order valence-electron chi connectivity index (χ0n) is 8.81. The molecule has 2 unspecified atom stereocenters. The fourth-order valence-corrected chi connectivity index (χ4v) is 1.75. The van der Waals surface area contributed by atoms with Crippen LogP contribution in [0.3, 0.4) is 0 Å². The Labute approximate surface area is 89.1 Å². The average molecular weight is 208 g/mol. The van der Waals surface area contributed by atoms with Crippen molar-refractivity contribution < 1.29 is 4.74 Å². The predicted molar refractivity (Wildman–Crippen MR) is 58.5 cm³/mol. The number of nitrogens with one attached hydrogen (secondary N) is 1. The molecule has 0 aromatic carbocycles. The van der Waals surface area contributed by atoms with Crippen LogP contribution in [0.1, 0.15) is 19.8 Å². The van der Waals surface area contributed by atoms with Gasteiger partial charge < -0.3 is 15.8 Å². The highest BCUT2D eigenvalue weighted by atomic mass is 16.5. The number of ether oxygens (including phenoxy) is 1. The van der Waals surface area contributed by atoms with E-state index in [0.29, 0.717) is 23.9 Å². The van der Waals surface area contributed by atoms with Gasteiger partial charge in [-0.25, -0.2) is 4.98 Å². The summed E-state index contributed by atoms with van der Waals surface area (Å²) in [5.41, 5.74) is 5.58. The van der Waals surface area contributed by atoms with Gasteiger partial charge in [-0.05, 0) is 25.8 Å². The molecule has 1 saturated heterocycles. The van der Waals surface area contributed by atoms with Crippen molar-refractivity contribution in [2.45, 2.75) is 31.9 Å². The third kappa shape index (κ3) is 2.79. The summed E-state index contributed by atoms with van der Waals surface area (Å²) < 4.78 is 5.46. The second-order valence-electron chi connectivity index (χ2n) is 3.85. The quantitative estimate of drug-likeness (QED) is 0.759. The molecule has 3 N–H and O–H groups in total. The van der Waals surface area contributed by atoms with Gasteiger partial charge in [0.1, 0.15) is 5.82 Å². The number of rotatable bonds is 2. The van der Waals surface area contributed by atoms with Crippen LogP contribution >= 0.6 is 0 Å². The summed E-state index contributed by atoms with van der Waals surface area (Å²) in [5.74, 6) is 1.10. The number of nitrogen functional groups attached to an aromatic ring is 1. The van der Waals surface area contributed by atoms with E-state index in [1.807, 2.05) is 0 Å². The average Bonchev–Trinajstić information content (AvgIpc) is 2.17. The first-order valence-corrected chi connectivity index (χ1v) is 5.20. The Morgan fingerprint density at radius 1 is 1.60 bits per heavy atom. The molecule has 15 heavy (non-hydrogen) atoms. The Morgan fingerprint density at radius 2 is 2.47 bits per heavy atom. The van der Waals surface area contributed by atoms with Crippen molar-refractivity contribution >= 4 is 11.8 Å². The Morgan fingerprint density at radius 3 is 3.20 bits per heavy atom. The van der Waals surface area contributed by atoms with Gasteiger partial charge in [0.05, 0.1) is 6.10 Å². The number of hydrogen-bond donors (Lipinski definition) is 2. The summed E-state index contributed by atoms with van der Waals surface area (Å²) in [6, 6.07) is 2.06. The third-order valence-electron chi connectivity index (χ3n) is 2.50. The molecule has 1 fully saturated rings. The molecule has 1 aliphatic heterocycles. The fourth-order valence-electron chi connectivity index (χ4n) is 1.75. The minimum absolute atomic E-state index is 0.303. The molecule has 1 aromatic heterocycles. The van der Waals surface area contributed by atoms with E-state index in [1.54, 1.807) is 12.3 Å². The first-order chi connectivity index (χ1) is 7.24. The van der Waals surface area contributed by atoms with Gasteiger partial charge in [-0.15, -0.1) is 0 Å². The largest absolute Gasteiger partial charge is 0.384 e. The van der Waals surface area contributed by atoms with Crippen molar-refractivity contribution in [1.29, 1.82) is 0 Å². The molecule has 2 heterocycles. The van der Waals surface area contributed by atoms with E-state index in [9.17, 15) is 0 Å². The normalized spacial score (nSPS) is 26.2. The molecule has 0 radical (unpaired) electrons. The van der Waals surface area contributed by atoms with Crippen molar-refractivity contribution in [2.24, 2.45) is 0 Å². The lowest BCUT2D eigenvalue weighted by atomic mass is 10.0. The van der Waals surface area contributed by atoms with Crippen molar-refractivity contribution in [3.8, 4) is 0 Å². The molecule has 0 aliphatic carbocycles. The second-order valence-corrected chi connectivity index (χ2v) is 3.85. The lowest BCUT2D eigenvalue weighted by Crippen LogP contribution is -2.33. The van der Waals surface area contributed by atoms with Crippen molar-refractivity contribution in [1.82, 2.24) is 9.97 Å². The summed E-state index contributed by atoms with van der Waals surface area (Å²) in [6.45, 7) is 2.87. The maximum atomic E-state index is 5.58. The Balaban J connectivity index is 1.96. The Kier molecular flexibility index (Phi) is 3.01. The molecule has 82 valence electrons. The number of hydrogen-bond acceptors (Lipinski definition) is 5. The van der Waals surface area contributed by atoms with Gasteiger partial charge in [-0.2, -0.15) is 4.98 Å². The maximum Gasteiger partial charge on any atom is 0.224 e.